The minimum atomic E-state index is -0.126. The fourth-order valence-electron chi connectivity index (χ4n) is 2.54. The van der Waals surface area contributed by atoms with E-state index in [1.165, 1.54) is 23.1 Å². The SMILES string of the molecule is CCCc1nnc(SCC(=O)Nc2nnc(-c3ccccc3)s2)n1CCC. The lowest BCUT2D eigenvalue weighted by molar-refractivity contribution is -0.113. The molecule has 2 heterocycles. The van der Waals surface area contributed by atoms with Gasteiger partial charge in [-0.25, -0.2) is 0 Å². The van der Waals surface area contributed by atoms with E-state index in [1.807, 2.05) is 30.3 Å². The molecule has 9 heteroatoms. The number of hydrogen-bond acceptors (Lipinski definition) is 7. The van der Waals surface area contributed by atoms with E-state index in [-0.39, 0.29) is 11.7 Å². The maximum Gasteiger partial charge on any atom is 0.236 e. The molecule has 0 spiro atoms. The largest absolute Gasteiger partial charge is 0.306 e. The van der Waals surface area contributed by atoms with Gasteiger partial charge in [0.2, 0.25) is 11.0 Å². The number of nitrogens with zero attached hydrogens (tertiary/aromatic N) is 5. The third-order valence-electron chi connectivity index (χ3n) is 3.74. The quantitative estimate of drug-likeness (QED) is 0.547. The molecule has 1 N–H and O–H groups in total. The number of aromatic nitrogens is 5. The predicted octanol–water partition coefficient (Wildman–Crippen LogP) is 3.89. The van der Waals surface area contributed by atoms with Crippen LogP contribution in [0.15, 0.2) is 35.5 Å². The zero-order valence-corrected chi connectivity index (χ0v) is 17.0. The van der Waals surface area contributed by atoms with Crippen LogP contribution in [0.5, 0.6) is 0 Å². The molecular weight excluding hydrogens is 380 g/mol. The molecule has 27 heavy (non-hydrogen) atoms. The van der Waals surface area contributed by atoms with E-state index in [4.69, 9.17) is 0 Å². The molecule has 0 atom stereocenters. The topological polar surface area (TPSA) is 85.6 Å². The number of benzene rings is 1. The van der Waals surface area contributed by atoms with Crippen molar-refractivity contribution < 1.29 is 4.79 Å². The van der Waals surface area contributed by atoms with E-state index in [0.717, 1.165) is 47.4 Å². The van der Waals surface area contributed by atoms with Crippen LogP contribution in [-0.2, 0) is 17.8 Å². The van der Waals surface area contributed by atoms with Crippen LogP contribution in [-0.4, -0.2) is 36.6 Å². The molecule has 142 valence electrons. The van der Waals surface area contributed by atoms with Crippen LogP contribution in [0.2, 0.25) is 0 Å². The van der Waals surface area contributed by atoms with Gasteiger partial charge in [0.15, 0.2) is 5.16 Å². The fourth-order valence-corrected chi connectivity index (χ4v) is 4.09. The van der Waals surface area contributed by atoms with Crippen LogP contribution in [0.3, 0.4) is 0 Å². The Morgan fingerprint density at radius 3 is 2.67 bits per heavy atom. The standard InChI is InChI=1S/C18H22N6OS2/c1-3-8-14-20-23-18(24(14)11-4-2)26-12-15(25)19-17-22-21-16(27-17)13-9-6-5-7-10-13/h5-7,9-10H,3-4,8,11-12H2,1-2H3,(H,19,22,25). The van der Waals surface area contributed by atoms with Gasteiger partial charge in [0, 0.05) is 18.5 Å². The Balaban J connectivity index is 1.58. The van der Waals surface area contributed by atoms with Crippen molar-refractivity contribution >= 4 is 34.1 Å². The highest BCUT2D eigenvalue weighted by Gasteiger charge is 2.14. The Hall–Kier alpha value is -2.26. The molecule has 3 rings (SSSR count). The summed E-state index contributed by atoms with van der Waals surface area (Å²) in [4.78, 5) is 12.3. The molecule has 0 unspecified atom stereocenters. The highest BCUT2D eigenvalue weighted by molar-refractivity contribution is 7.99. The zero-order valence-electron chi connectivity index (χ0n) is 15.4. The summed E-state index contributed by atoms with van der Waals surface area (Å²) in [6.07, 6.45) is 2.92. The number of anilines is 1. The highest BCUT2D eigenvalue weighted by Crippen LogP contribution is 2.26. The van der Waals surface area contributed by atoms with Gasteiger partial charge in [0.1, 0.15) is 10.8 Å². The predicted molar refractivity (Wildman–Crippen MR) is 109 cm³/mol. The summed E-state index contributed by atoms with van der Waals surface area (Å²) in [7, 11) is 0. The first-order valence-corrected chi connectivity index (χ1v) is 10.7. The van der Waals surface area contributed by atoms with Crippen LogP contribution < -0.4 is 5.32 Å². The summed E-state index contributed by atoms with van der Waals surface area (Å²) in [6.45, 7) is 5.11. The molecule has 0 aliphatic rings. The highest BCUT2D eigenvalue weighted by atomic mass is 32.2. The Morgan fingerprint density at radius 1 is 1.11 bits per heavy atom. The lowest BCUT2D eigenvalue weighted by Gasteiger charge is -2.07. The van der Waals surface area contributed by atoms with Gasteiger partial charge in [0.25, 0.3) is 0 Å². The molecule has 7 nitrogen and oxygen atoms in total. The molecule has 0 radical (unpaired) electrons. The number of carbonyl (C=O) groups excluding carboxylic acids is 1. The van der Waals surface area contributed by atoms with Gasteiger partial charge in [-0.3, -0.25) is 10.1 Å². The van der Waals surface area contributed by atoms with E-state index < -0.39 is 0 Å². The maximum absolute atomic E-state index is 12.3. The second-order valence-electron chi connectivity index (χ2n) is 5.92. The average molecular weight is 403 g/mol. The van der Waals surface area contributed by atoms with Crippen LogP contribution in [0.25, 0.3) is 10.6 Å². The molecule has 1 aromatic carbocycles. The summed E-state index contributed by atoms with van der Waals surface area (Å²) in [5.41, 5.74) is 0.987. The summed E-state index contributed by atoms with van der Waals surface area (Å²) in [6, 6.07) is 9.79. The number of hydrogen-bond donors (Lipinski definition) is 1. The molecular formula is C18H22N6OS2. The monoisotopic (exact) mass is 402 g/mol. The van der Waals surface area contributed by atoms with Crippen LogP contribution in [0.1, 0.15) is 32.5 Å². The number of thioether (sulfide) groups is 1. The van der Waals surface area contributed by atoms with Crippen molar-refractivity contribution in [2.75, 3.05) is 11.1 Å². The molecule has 1 amide bonds. The summed E-state index contributed by atoms with van der Waals surface area (Å²) < 4.78 is 2.11. The Morgan fingerprint density at radius 2 is 1.93 bits per heavy atom. The minimum Gasteiger partial charge on any atom is -0.306 e. The average Bonchev–Trinajstić information content (AvgIpc) is 3.29. The molecule has 0 saturated carbocycles. The summed E-state index contributed by atoms with van der Waals surface area (Å²) in [5.74, 6) is 1.12. The number of amides is 1. The van der Waals surface area contributed by atoms with Crippen molar-refractivity contribution in [3.05, 3.63) is 36.2 Å². The molecule has 0 bridgehead atoms. The summed E-state index contributed by atoms with van der Waals surface area (Å²) in [5, 5.41) is 21.6. The molecule has 3 aromatic rings. The molecule has 0 aliphatic heterocycles. The first kappa shape index (κ1) is 19.5. The lowest BCUT2D eigenvalue weighted by Crippen LogP contribution is -2.14. The molecule has 2 aromatic heterocycles. The van der Waals surface area contributed by atoms with Crippen molar-refractivity contribution in [2.24, 2.45) is 0 Å². The van der Waals surface area contributed by atoms with Gasteiger partial charge in [-0.2, -0.15) is 0 Å². The smallest absolute Gasteiger partial charge is 0.236 e. The second-order valence-corrected chi connectivity index (χ2v) is 7.84. The van der Waals surface area contributed by atoms with Gasteiger partial charge < -0.3 is 4.57 Å². The van der Waals surface area contributed by atoms with Gasteiger partial charge in [-0.1, -0.05) is 67.3 Å². The third kappa shape index (κ3) is 5.14. The summed E-state index contributed by atoms with van der Waals surface area (Å²) >= 11 is 2.76. The number of nitrogens with one attached hydrogen (secondary N) is 1. The van der Waals surface area contributed by atoms with Gasteiger partial charge in [-0.15, -0.1) is 20.4 Å². The first-order valence-electron chi connectivity index (χ1n) is 8.95. The van der Waals surface area contributed by atoms with Crippen molar-refractivity contribution in [3.63, 3.8) is 0 Å². The third-order valence-corrected chi connectivity index (χ3v) is 5.59. The Labute approximate surface area is 166 Å². The van der Waals surface area contributed by atoms with E-state index in [1.54, 1.807) is 0 Å². The van der Waals surface area contributed by atoms with Crippen LogP contribution in [0.4, 0.5) is 5.13 Å². The Kier molecular flexibility index (Phi) is 6.94. The van der Waals surface area contributed by atoms with Crippen LogP contribution >= 0.6 is 23.1 Å². The second kappa shape index (κ2) is 9.61. The van der Waals surface area contributed by atoms with E-state index in [0.29, 0.717) is 5.13 Å². The normalized spacial score (nSPS) is 10.9. The van der Waals surface area contributed by atoms with E-state index in [9.17, 15) is 4.79 Å². The minimum absolute atomic E-state index is 0.126. The van der Waals surface area contributed by atoms with Crippen molar-refractivity contribution in [1.82, 2.24) is 25.0 Å². The lowest BCUT2D eigenvalue weighted by atomic mass is 10.2. The van der Waals surface area contributed by atoms with E-state index >= 15 is 0 Å². The van der Waals surface area contributed by atoms with Crippen LogP contribution in [0, 0.1) is 0 Å². The number of rotatable bonds is 9. The fraction of sp³-hybridized carbons (Fsp3) is 0.389. The zero-order chi connectivity index (χ0) is 19.1. The van der Waals surface area contributed by atoms with Gasteiger partial charge >= 0.3 is 0 Å². The van der Waals surface area contributed by atoms with Gasteiger partial charge in [-0.05, 0) is 12.8 Å². The van der Waals surface area contributed by atoms with Crippen molar-refractivity contribution in [2.45, 2.75) is 44.8 Å². The first-order chi connectivity index (χ1) is 13.2. The van der Waals surface area contributed by atoms with Crippen molar-refractivity contribution in [3.8, 4) is 10.6 Å². The Bertz CT molecular complexity index is 877. The molecule has 0 saturated heterocycles. The molecule has 0 aliphatic carbocycles. The number of aryl methyl sites for hydroxylation is 1. The molecule has 0 fully saturated rings. The van der Waals surface area contributed by atoms with E-state index in [2.05, 4.69) is 44.1 Å². The maximum atomic E-state index is 12.3. The number of carbonyl (C=O) groups is 1. The van der Waals surface area contributed by atoms with Crippen molar-refractivity contribution in [1.29, 1.82) is 0 Å². The van der Waals surface area contributed by atoms with Gasteiger partial charge in [0.05, 0.1) is 5.75 Å².